The van der Waals surface area contributed by atoms with Crippen LogP contribution < -0.4 is 4.87 Å². The third-order valence-corrected chi connectivity index (χ3v) is 3.90. The first-order valence-corrected chi connectivity index (χ1v) is 7.55. The third kappa shape index (κ3) is 3.59. The molecule has 0 spiro atoms. The number of rotatable bonds is 6. The van der Waals surface area contributed by atoms with Crippen molar-refractivity contribution in [3.8, 4) is 5.88 Å². The van der Waals surface area contributed by atoms with Crippen molar-refractivity contribution in [3.63, 3.8) is 0 Å². The molecule has 0 aliphatic rings. The molecule has 0 radical (unpaired) electrons. The minimum Gasteiger partial charge on any atom is -0.493 e. The van der Waals surface area contributed by atoms with Crippen molar-refractivity contribution in [3.05, 3.63) is 48.9 Å². The number of benzene rings is 1. The number of aromatic hydroxyl groups is 1. The van der Waals surface area contributed by atoms with Crippen molar-refractivity contribution in [1.29, 1.82) is 0 Å². The molecule has 0 aliphatic heterocycles. The fourth-order valence-corrected chi connectivity index (χ4v) is 2.61. The van der Waals surface area contributed by atoms with Gasteiger partial charge in [0.1, 0.15) is 4.88 Å². The molecule has 22 heavy (non-hydrogen) atoms. The average Bonchev–Trinajstić information content (AvgIpc) is 2.77. The number of nitro benzene ring substituents is 1. The van der Waals surface area contributed by atoms with Crippen molar-refractivity contribution in [2.45, 2.75) is 26.3 Å². The molecule has 0 amide bonds. The highest BCUT2D eigenvalue weighted by Gasteiger charge is 2.12. The first-order chi connectivity index (χ1) is 10.5. The summed E-state index contributed by atoms with van der Waals surface area (Å²) < 4.78 is 1.31. The fraction of sp³-hybridized carbons (Fsp3) is 0.286. The molecule has 0 bridgehead atoms. The zero-order chi connectivity index (χ0) is 16.1. The molecule has 1 heterocycles. The van der Waals surface area contributed by atoms with Crippen LogP contribution in [-0.4, -0.2) is 20.8 Å². The quantitative estimate of drug-likeness (QED) is 0.502. The minimum atomic E-state index is -0.504. The van der Waals surface area contributed by atoms with E-state index in [0.717, 1.165) is 24.2 Å². The molecular weight excluding hydrogens is 306 g/mol. The minimum absolute atomic E-state index is 0.0624. The first kappa shape index (κ1) is 15.9. The summed E-state index contributed by atoms with van der Waals surface area (Å²) >= 11 is 0.895. The Morgan fingerprint density at radius 2 is 2.27 bits per heavy atom. The van der Waals surface area contributed by atoms with Crippen molar-refractivity contribution in [2.24, 2.45) is 4.99 Å². The Morgan fingerprint density at radius 1 is 1.50 bits per heavy atom. The lowest BCUT2D eigenvalue weighted by Gasteiger charge is -2.01. The summed E-state index contributed by atoms with van der Waals surface area (Å²) in [7, 11) is 0. The smallest absolute Gasteiger partial charge is 0.310 e. The maximum Gasteiger partial charge on any atom is 0.310 e. The highest BCUT2D eigenvalue weighted by molar-refractivity contribution is 7.11. The van der Waals surface area contributed by atoms with E-state index in [-0.39, 0.29) is 16.4 Å². The molecule has 1 N–H and O–H groups in total. The number of aromatic nitrogens is 1. The van der Waals surface area contributed by atoms with Crippen molar-refractivity contribution < 1.29 is 10.0 Å². The number of hydrogen-bond acceptors (Lipinski definition) is 6. The van der Waals surface area contributed by atoms with E-state index in [1.807, 2.05) is 6.92 Å². The van der Waals surface area contributed by atoms with E-state index in [0.29, 0.717) is 17.1 Å². The number of aliphatic imine (C=N–C) groups is 1. The molecular formula is C14H15N3O4S. The van der Waals surface area contributed by atoms with Crippen LogP contribution in [0.4, 0.5) is 11.4 Å². The van der Waals surface area contributed by atoms with E-state index in [9.17, 15) is 20.0 Å². The fourth-order valence-electron chi connectivity index (χ4n) is 1.83. The Morgan fingerprint density at radius 3 is 2.95 bits per heavy atom. The molecule has 0 aliphatic carbocycles. The molecule has 7 nitrogen and oxygen atoms in total. The van der Waals surface area contributed by atoms with E-state index in [1.54, 1.807) is 6.07 Å². The summed E-state index contributed by atoms with van der Waals surface area (Å²) in [5.74, 6) is -0.113. The van der Waals surface area contributed by atoms with Crippen molar-refractivity contribution in [2.75, 3.05) is 0 Å². The van der Waals surface area contributed by atoms with Crippen LogP contribution in [0.5, 0.6) is 5.88 Å². The Kier molecular flexibility index (Phi) is 5.05. The standard InChI is InChI=1S/C14H15N3O4S/c1-2-3-7-16-13(18)12(22-14(16)19)9-15-10-5-4-6-11(8-10)17(20)21/h4-6,8-9,18H,2-3,7H2,1H3. The second-order valence-electron chi connectivity index (χ2n) is 4.60. The van der Waals surface area contributed by atoms with Gasteiger partial charge in [-0.2, -0.15) is 0 Å². The lowest BCUT2D eigenvalue weighted by atomic mass is 10.3. The third-order valence-electron chi connectivity index (χ3n) is 3.00. The van der Waals surface area contributed by atoms with Gasteiger partial charge in [-0.3, -0.25) is 24.5 Å². The molecule has 0 saturated heterocycles. The Hall–Kier alpha value is -2.48. The molecule has 2 aromatic rings. The predicted molar refractivity (Wildman–Crippen MR) is 85.5 cm³/mol. The highest BCUT2D eigenvalue weighted by atomic mass is 32.1. The molecule has 0 unspecified atom stereocenters. The summed E-state index contributed by atoms with van der Waals surface area (Å²) in [5.41, 5.74) is 0.321. The lowest BCUT2D eigenvalue weighted by molar-refractivity contribution is -0.384. The Balaban J connectivity index is 2.25. The molecule has 116 valence electrons. The van der Waals surface area contributed by atoms with E-state index < -0.39 is 4.92 Å². The number of nitrogens with zero attached hydrogens (tertiary/aromatic N) is 3. The molecule has 8 heteroatoms. The van der Waals surface area contributed by atoms with Crippen LogP contribution in [0.2, 0.25) is 0 Å². The van der Waals surface area contributed by atoms with Gasteiger partial charge in [0, 0.05) is 18.7 Å². The van der Waals surface area contributed by atoms with Gasteiger partial charge >= 0.3 is 4.87 Å². The van der Waals surface area contributed by atoms with E-state index in [2.05, 4.69) is 4.99 Å². The Bertz CT molecular complexity index is 764. The molecule has 1 aromatic carbocycles. The number of non-ortho nitro benzene ring substituents is 1. The zero-order valence-corrected chi connectivity index (χ0v) is 12.7. The summed E-state index contributed by atoms with van der Waals surface area (Å²) in [6.07, 6.45) is 3.06. The van der Waals surface area contributed by atoms with Gasteiger partial charge in [0.25, 0.3) is 5.69 Å². The van der Waals surface area contributed by atoms with E-state index >= 15 is 0 Å². The summed E-state index contributed by atoms with van der Waals surface area (Å²) in [5, 5.41) is 20.7. The van der Waals surface area contributed by atoms with Gasteiger partial charge in [-0.05, 0) is 12.5 Å². The van der Waals surface area contributed by atoms with Gasteiger partial charge in [-0.15, -0.1) is 0 Å². The normalized spacial score (nSPS) is 11.1. The molecule has 0 fully saturated rings. The summed E-state index contributed by atoms with van der Waals surface area (Å²) in [6.45, 7) is 2.46. The SMILES string of the molecule is CCCCn1c(O)c(C=Nc2cccc([N+](=O)[O-])c2)sc1=O. The van der Waals surface area contributed by atoms with Crippen LogP contribution in [-0.2, 0) is 6.54 Å². The molecule has 1 aromatic heterocycles. The highest BCUT2D eigenvalue weighted by Crippen LogP contribution is 2.22. The second-order valence-corrected chi connectivity index (χ2v) is 5.59. The number of unbranched alkanes of at least 4 members (excludes halogenated alkanes) is 1. The van der Waals surface area contributed by atoms with Gasteiger partial charge in [-0.25, -0.2) is 0 Å². The van der Waals surface area contributed by atoms with Crippen LogP contribution in [0.1, 0.15) is 24.6 Å². The predicted octanol–water partition coefficient (Wildman–Crippen LogP) is 3.07. The Labute approximate surface area is 130 Å². The van der Waals surface area contributed by atoms with Gasteiger partial charge < -0.3 is 5.11 Å². The van der Waals surface area contributed by atoms with E-state index in [1.165, 1.54) is 29.0 Å². The molecule has 2 rings (SSSR count). The monoisotopic (exact) mass is 321 g/mol. The van der Waals surface area contributed by atoms with E-state index in [4.69, 9.17) is 0 Å². The topological polar surface area (TPSA) is 97.7 Å². The average molecular weight is 321 g/mol. The zero-order valence-electron chi connectivity index (χ0n) is 11.9. The van der Waals surface area contributed by atoms with Gasteiger partial charge in [0.2, 0.25) is 5.88 Å². The van der Waals surface area contributed by atoms with Gasteiger partial charge in [0.15, 0.2) is 0 Å². The van der Waals surface area contributed by atoms with Gasteiger partial charge in [0.05, 0.1) is 16.8 Å². The number of nitro groups is 1. The number of hydrogen-bond donors (Lipinski definition) is 1. The molecule has 0 saturated carbocycles. The summed E-state index contributed by atoms with van der Waals surface area (Å²) in [6, 6.07) is 5.83. The van der Waals surface area contributed by atoms with Crippen LogP contribution >= 0.6 is 11.3 Å². The first-order valence-electron chi connectivity index (χ1n) is 6.74. The van der Waals surface area contributed by atoms with Crippen LogP contribution in [0, 0.1) is 10.1 Å². The van der Waals surface area contributed by atoms with Crippen LogP contribution in [0.3, 0.4) is 0 Å². The van der Waals surface area contributed by atoms with Crippen LogP contribution in [0.25, 0.3) is 0 Å². The van der Waals surface area contributed by atoms with Crippen LogP contribution in [0.15, 0.2) is 34.1 Å². The lowest BCUT2D eigenvalue weighted by Crippen LogP contribution is -2.12. The van der Waals surface area contributed by atoms with Crippen molar-refractivity contribution >= 4 is 28.9 Å². The second kappa shape index (κ2) is 6.99. The number of thiazole rings is 1. The summed E-state index contributed by atoms with van der Waals surface area (Å²) in [4.78, 5) is 26.2. The molecule has 0 atom stereocenters. The van der Waals surface area contributed by atoms with Gasteiger partial charge in [-0.1, -0.05) is 30.7 Å². The maximum atomic E-state index is 11.8. The van der Waals surface area contributed by atoms with Crippen molar-refractivity contribution in [1.82, 2.24) is 4.57 Å². The largest absolute Gasteiger partial charge is 0.493 e. The maximum absolute atomic E-state index is 11.8.